The van der Waals surface area contributed by atoms with Gasteiger partial charge in [0.25, 0.3) is 0 Å². The molecule has 2 N–H and O–H groups in total. The molecule has 0 aromatic heterocycles. The lowest BCUT2D eigenvalue weighted by atomic mass is 9.73. The highest BCUT2D eigenvalue weighted by atomic mass is 19.3. The van der Waals surface area contributed by atoms with Gasteiger partial charge in [0.15, 0.2) is 0 Å². The van der Waals surface area contributed by atoms with Crippen LogP contribution in [-0.2, 0) is 4.79 Å². The Morgan fingerprint density at radius 2 is 1.81 bits per heavy atom. The molecule has 1 atom stereocenters. The molecule has 1 unspecified atom stereocenters. The Morgan fingerprint density at radius 3 is 2.19 bits per heavy atom. The molecule has 3 nitrogen and oxygen atoms in total. The summed E-state index contributed by atoms with van der Waals surface area (Å²) >= 11 is 0. The molecule has 1 aliphatic rings. The first-order chi connectivity index (χ1) is 7.17. The van der Waals surface area contributed by atoms with Crippen molar-refractivity contribution in [3.8, 4) is 0 Å². The van der Waals surface area contributed by atoms with E-state index >= 15 is 0 Å². The summed E-state index contributed by atoms with van der Waals surface area (Å²) in [4.78, 5) is 10.9. The molecule has 0 bridgehead atoms. The van der Waals surface area contributed by atoms with Crippen LogP contribution in [0, 0.1) is 11.3 Å². The lowest BCUT2D eigenvalue weighted by molar-refractivity contribution is -0.158. The molecule has 0 radical (unpaired) electrons. The molecule has 1 saturated carbocycles. The molecule has 0 saturated heterocycles. The highest BCUT2D eigenvalue weighted by Crippen LogP contribution is 2.41. The second kappa shape index (κ2) is 4.28. The van der Waals surface area contributed by atoms with Crippen molar-refractivity contribution >= 4 is 5.97 Å². The number of aliphatic hydroxyl groups excluding tert-OH is 1. The van der Waals surface area contributed by atoms with Crippen LogP contribution in [0.25, 0.3) is 0 Å². The SMILES string of the molecule is CC(C)(C(=O)O)C(O)C1CCC(F)(F)CC1. The topological polar surface area (TPSA) is 57.5 Å². The van der Waals surface area contributed by atoms with Crippen LogP contribution in [-0.4, -0.2) is 28.2 Å². The average Bonchev–Trinajstić information content (AvgIpc) is 2.16. The number of rotatable bonds is 3. The third kappa shape index (κ3) is 2.70. The molecule has 5 heteroatoms. The molecule has 0 aromatic rings. The molecule has 1 aliphatic carbocycles. The van der Waals surface area contributed by atoms with Crippen molar-refractivity contribution < 1.29 is 23.8 Å². The second-order valence-corrected chi connectivity index (χ2v) is 5.17. The van der Waals surface area contributed by atoms with Gasteiger partial charge in [0.2, 0.25) is 5.92 Å². The maximum absolute atomic E-state index is 12.9. The maximum atomic E-state index is 12.9. The van der Waals surface area contributed by atoms with E-state index in [4.69, 9.17) is 5.11 Å². The minimum absolute atomic E-state index is 0.185. The average molecular weight is 236 g/mol. The van der Waals surface area contributed by atoms with Gasteiger partial charge in [-0.3, -0.25) is 4.79 Å². The zero-order chi connectivity index (χ0) is 12.6. The van der Waals surface area contributed by atoms with Gasteiger partial charge >= 0.3 is 5.97 Å². The van der Waals surface area contributed by atoms with Crippen LogP contribution in [0.4, 0.5) is 8.78 Å². The fraction of sp³-hybridized carbons (Fsp3) is 0.909. The third-order valence-electron chi connectivity index (χ3n) is 3.50. The Balaban J connectivity index is 2.64. The summed E-state index contributed by atoms with van der Waals surface area (Å²) in [7, 11) is 0. The van der Waals surface area contributed by atoms with Crippen LogP contribution in [0.1, 0.15) is 39.5 Å². The van der Waals surface area contributed by atoms with E-state index in [9.17, 15) is 18.7 Å². The van der Waals surface area contributed by atoms with Crippen molar-refractivity contribution in [3.63, 3.8) is 0 Å². The molecule has 0 aromatic carbocycles. The minimum atomic E-state index is -2.65. The van der Waals surface area contributed by atoms with E-state index in [2.05, 4.69) is 0 Å². The van der Waals surface area contributed by atoms with Gasteiger partial charge in [-0.25, -0.2) is 8.78 Å². The molecule has 1 rings (SSSR count). The van der Waals surface area contributed by atoms with Gasteiger partial charge < -0.3 is 10.2 Å². The number of halogens is 2. The second-order valence-electron chi connectivity index (χ2n) is 5.17. The summed E-state index contributed by atoms with van der Waals surface area (Å²) < 4.78 is 25.8. The lowest BCUT2D eigenvalue weighted by Gasteiger charge is -2.36. The van der Waals surface area contributed by atoms with Crippen LogP contribution < -0.4 is 0 Å². The van der Waals surface area contributed by atoms with E-state index in [0.29, 0.717) is 0 Å². The summed E-state index contributed by atoms with van der Waals surface area (Å²) in [6, 6.07) is 0. The summed E-state index contributed by atoms with van der Waals surface area (Å²) in [6.45, 7) is 2.85. The minimum Gasteiger partial charge on any atom is -0.481 e. The number of hydrogen-bond donors (Lipinski definition) is 2. The van der Waals surface area contributed by atoms with E-state index in [1.807, 2.05) is 0 Å². The number of aliphatic carboxylic acids is 1. The Bertz CT molecular complexity index is 266. The number of carboxylic acid groups (broad SMARTS) is 1. The number of hydrogen-bond acceptors (Lipinski definition) is 2. The number of carbonyl (C=O) groups is 1. The van der Waals surface area contributed by atoms with Crippen molar-refractivity contribution in [2.24, 2.45) is 11.3 Å². The monoisotopic (exact) mass is 236 g/mol. The summed E-state index contributed by atoms with van der Waals surface area (Å²) in [5.74, 6) is -4.09. The fourth-order valence-corrected chi connectivity index (χ4v) is 2.09. The predicted molar refractivity (Wildman–Crippen MR) is 54.3 cm³/mol. The highest BCUT2D eigenvalue weighted by molar-refractivity contribution is 5.74. The van der Waals surface area contributed by atoms with E-state index < -0.39 is 23.4 Å². The van der Waals surface area contributed by atoms with E-state index in [-0.39, 0.29) is 31.6 Å². The van der Waals surface area contributed by atoms with Crippen LogP contribution in [0.3, 0.4) is 0 Å². The largest absolute Gasteiger partial charge is 0.481 e. The Labute approximate surface area is 93.5 Å². The van der Waals surface area contributed by atoms with Crippen molar-refractivity contribution in [3.05, 3.63) is 0 Å². The highest BCUT2D eigenvalue weighted by Gasteiger charge is 2.44. The number of carboxylic acids is 1. The standard InChI is InChI=1S/C11H18F2O3/c1-10(2,9(15)16)8(14)7-3-5-11(12,13)6-4-7/h7-8,14H,3-6H2,1-2H3,(H,15,16). The van der Waals surface area contributed by atoms with Crippen LogP contribution in [0.2, 0.25) is 0 Å². The molecular formula is C11H18F2O3. The van der Waals surface area contributed by atoms with Gasteiger partial charge in [-0.2, -0.15) is 0 Å². The number of alkyl halides is 2. The van der Waals surface area contributed by atoms with E-state index in [1.165, 1.54) is 13.8 Å². The van der Waals surface area contributed by atoms with E-state index in [0.717, 1.165) is 0 Å². The first kappa shape index (κ1) is 13.4. The molecule has 94 valence electrons. The van der Waals surface area contributed by atoms with Gasteiger partial charge in [0, 0.05) is 12.8 Å². The van der Waals surface area contributed by atoms with Gasteiger partial charge in [0.05, 0.1) is 11.5 Å². The van der Waals surface area contributed by atoms with Crippen LogP contribution >= 0.6 is 0 Å². The van der Waals surface area contributed by atoms with E-state index in [1.54, 1.807) is 0 Å². The first-order valence-corrected chi connectivity index (χ1v) is 5.46. The first-order valence-electron chi connectivity index (χ1n) is 5.46. The van der Waals surface area contributed by atoms with Gasteiger partial charge in [-0.1, -0.05) is 0 Å². The summed E-state index contributed by atoms with van der Waals surface area (Å²) in [5.41, 5.74) is -1.28. The van der Waals surface area contributed by atoms with Crippen molar-refractivity contribution in [2.45, 2.75) is 51.6 Å². The van der Waals surface area contributed by atoms with Gasteiger partial charge in [0.1, 0.15) is 0 Å². The smallest absolute Gasteiger partial charge is 0.311 e. The summed E-state index contributed by atoms with van der Waals surface area (Å²) in [5, 5.41) is 18.9. The van der Waals surface area contributed by atoms with Gasteiger partial charge in [-0.15, -0.1) is 0 Å². The predicted octanol–water partition coefficient (Wildman–Crippen LogP) is 2.28. The summed E-state index contributed by atoms with van der Waals surface area (Å²) in [6.07, 6.45) is -1.22. The van der Waals surface area contributed by atoms with Crippen molar-refractivity contribution in [2.75, 3.05) is 0 Å². The Morgan fingerprint density at radius 1 is 1.38 bits per heavy atom. The molecule has 16 heavy (non-hydrogen) atoms. The Hall–Kier alpha value is -0.710. The molecule has 0 aliphatic heterocycles. The molecular weight excluding hydrogens is 218 g/mol. The van der Waals surface area contributed by atoms with Gasteiger partial charge in [-0.05, 0) is 32.6 Å². The zero-order valence-electron chi connectivity index (χ0n) is 9.54. The quantitative estimate of drug-likeness (QED) is 0.790. The Kier molecular flexibility index (Phi) is 3.57. The van der Waals surface area contributed by atoms with Crippen LogP contribution in [0.5, 0.6) is 0 Å². The maximum Gasteiger partial charge on any atom is 0.311 e. The lowest BCUT2D eigenvalue weighted by Crippen LogP contribution is -2.44. The zero-order valence-corrected chi connectivity index (χ0v) is 9.54. The normalized spacial score (nSPS) is 24.1. The molecule has 1 fully saturated rings. The molecule has 0 heterocycles. The third-order valence-corrected chi connectivity index (χ3v) is 3.50. The van der Waals surface area contributed by atoms with Crippen LogP contribution in [0.15, 0.2) is 0 Å². The van der Waals surface area contributed by atoms with Crippen molar-refractivity contribution in [1.29, 1.82) is 0 Å². The molecule has 0 amide bonds. The molecule has 0 spiro atoms. The van der Waals surface area contributed by atoms with Crippen molar-refractivity contribution in [1.82, 2.24) is 0 Å². The number of aliphatic hydroxyl groups is 1. The fourth-order valence-electron chi connectivity index (χ4n) is 2.09.